The van der Waals surface area contributed by atoms with Crippen molar-refractivity contribution in [2.75, 3.05) is 5.32 Å². The van der Waals surface area contributed by atoms with Crippen LogP contribution in [0.25, 0.3) is 5.69 Å². The Labute approximate surface area is 169 Å². The summed E-state index contributed by atoms with van der Waals surface area (Å²) in [4.78, 5) is 39.2. The second-order valence-electron chi connectivity index (χ2n) is 8.16. The Morgan fingerprint density at radius 3 is 2.21 bits per heavy atom. The maximum Gasteiger partial charge on any atom is 0.268 e. The summed E-state index contributed by atoms with van der Waals surface area (Å²) in [5, 5.41) is 2.75. The molecule has 0 saturated carbocycles. The van der Waals surface area contributed by atoms with Crippen molar-refractivity contribution in [3.05, 3.63) is 93.9 Å². The summed E-state index contributed by atoms with van der Waals surface area (Å²) in [7, 11) is 0. The van der Waals surface area contributed by atoms with Crippen LogP contribution in [-0.2, 0) is 6.42 Å². The summed E-state index contributed by atoms with van der Waals surface area (Å²) in [5.41, 5.74) is 1.64. The highest BCUT2D eigenvalue weighted by atomic mass is 16.2. The number of rotatable bonds is 3. The first-order chi connectivity index (χ1) is 13.9. The number of benzene rings is 2. The number of carbonyl (C=O) groups is 2. The number of ketones is 1. The number of hydrogen-bond acceptors (Lipinski definition) is 3. The van der Waals surface area contributed by atoms with Gasteiger partial charge in [-0.25, -0.2) is 0 Å². The largest absolute Gasteiger partial charge is 0.322 e. The SMILES string of the molecule is CC1(C)CC(=O)c2cc(C(=O)Nc3ccccc3)c(=O)n(-c3ccccc3)c2C1. The Bertz CT molecular complexity index is 1150. The van der Waals surface area contributed by atoms with Crippen LogP contribution >= 0.6 is 0 Å². The Morgan fingerprint density at radius 1 is 0.931 bits per heavy atom. The van der Waals surface area contributed by atoms with Crippen molar-refractivity contribution in [1.29, 1.82) is 0 Å². The lowest BCUT2D eigenvalue weighted by atomic mass is 9.75. The summed E-state index contributed by atoms with van der Waals surface area (Å²) in [6, 6.07) is 19.6. The fourth-order valence-electron chi connectivity index (χ4n) is 3.85. The van der Waals surface area contributed by atoms with Crippen LogP contribution in [0.2, 0.25) is 0 Å². The van der Waals surface area contributed by atoms with Crippen molar-refractivity contribution in [2.24, 2.45) is 5.41 Å². The fourth-order valence-corrected chi connectivity index (χ4v) is 3.85. The van der Waals surface area contributed by atoms with Gasteiger partial charge in [0.15, 0.2) is 5.78 Å². The van der Waals surface area contributed by atoms with Gasteiger partial charge in [-0.2, -0.15) is 0 Å². The molecule has 5 heteroatoms. The van der Waals surface area contributed by atoms with Crippen molar-refractivity contribution in [3.63, 3.8) is 0 Å². The first-order valence-corrected chi connectivity index (χ1v) is 9.60. The molecule has 0 saturated heterocycles. The van der Waals surface area contributed by atoms with E-state index in [4.69, 9.17) is 0 Å². The Balaban J connectivity index is 1.91. The van der Waals surface area contributed by atoms with E-state index in [1.807, 2.05) is 50.2 Å². The van der Waals surface area contributed by atoms with Gasteiger partial charge in [0.1, 0.15) is 5.56 Å². The van der Waals surface area contributed by atoms with Gasteiger partial charge in [0.05, 0.1) is 0 Å². The lowest BCUT2D eigenvalue weighted by molar-refractivity contribution is 0.0909. The molecule has 29 heavy (non-hydrogen) atoms. The molecule has 5 nitrogen and oxygen atoms in total. The van der Waals surface area contributed by atoms with E-state index in [9.17, 15) is 14.4 Å². The molecule has 0 fully saturated rings. The van der Waals surface area contributed by atoms with Crippen LogP contribution in [0.3, 0.4) is 0 Å². The fraction of sp³-hybridized carbons (Fsp3) is 0.208. The van der Waals surface area contributed by atoms with Gasteiger partial charge in [-0.1, -0.05) is 50.2 Å². The van der Waals surface area contributed by atoms with Gasteiger partial charge in [0.2, 0.25) is 0 Å². The zero-order valence-corrected chi connectivity index (χ0v) is 16.4. The standard InChI is InChI=1S/C24H22N2O3/c1-24(2)14-20-18(21(27)15-24)13-19(22(28)25-16-9-5-3-6-10-16)23(29)26(20)17-11-7-4-8-12-17/h3-13H,14-15H2,1-2H3,(H,25,28). The van der Waals surface area contributed by atoms with E-state index in [0.29, 0.717) is 35.5 Å². The van der Waals surface area contributed by atoms with E-state index in [1.54, 1.807) is 24.3 Å². The number of fused-ring (bicyclic) bond motifs is 1. The minimum atomic E-state index is -0.522. The maximum atomic E-state index is 13.4. The third kappa shape index (κ3) is 3.63. The molecular formula is C24H22N2O3. The molecule has 1 N–H and O–H groups in total. The molecule has 2 aromatic carbocycles. The number of anilines is 1. The smallest absolute Gasteiger partial charge is 0.268 e. The number of hydrogen-bond donors (Lipinski definition) is 1. The number of Topliss-reactive ketones (excluding diaryl/α,β-unsaturated/α-hetero) is 1. The van der Waals surface area contributed by atoms with Crippen LogP contribution < -0.4 is 10.9 Å². The van der Waals surface area contributed by atoms with E-state index < -0.39 is 11.5 Å². The van der Waals surface area contributed by atoms with Gasteiger partial charge in [0.25, 0.3) is 11.5 Å². The van der Waals surface area contributed by atoms with Crippen molar-refractivity contribution in [1.82, 2.24) is 4.57 Å². The molecular weight excluding hydrogens is 364 g/mol. The Morgan fingerprint density at radius 2 is 1.55 bits per heavy atom. The maximum absolute atomic E-state index is 13.4. The van der Waals surface area contributed by atoms with E-state index >= 15 is 0 Å². The number of nitrogens with one attached hydrogen (secondary N) is 1. The number of aromatic nitrogens is 1. The predicted octanol–water partition coefficient (Wildman–Crippen LogP) is 4.24. The molecule has 146 valence electrons. The summed E-state index contributed by atoms with van der Waals surface area (Å²) in [6.45, 7) is 4.04. The minimum Gasteiger partial charge on any atom is -0.322 e. The summed E-state index contributed by atoms with van der Waals surface area (Å²) >= 11 is 0. The molecule has 4 rings (SSSR count). The van der Waals surface area contributed by atoms with Crippen LogP contribution in [0, 0.1) is 5.41 Å². The first-order valence-electron chi connectivity index (χ1n) is 9.60. The number of nitrogens with zero attached hydrogens (tertiary/aromatic N) is 1. The van der Waals surface area contributed by atoms with Gasteiger partial charge in [-0.3, -0.25) is 19.0 Å². The van der Waals surface area contributed by atoms with Crippen molar-refractivity contribution in [2.45, 2.75) is 26.7 Å². The van der Waals surface area contributed by atoms with Crippen LogP contribution in [0.4, 0.5) is 5.69 Å². The Hall–Kier alpha value is -3.47. The van der Waals surface area contributed by atoms with Crippen LogP contribution in [0.15, 0.2) is 71.5 Å². The zero-order valence-electron chi connectivity index (χ0n) is 16.4. The highest BCUT2D eigenvalue weighted by Gasteiger charge is 2.35. The topological polar surface area (TPSA) is 68.2 Å². The summed E-state index contributed by atoms with van der Waals surface area (Å²) in [6.07, 6.45) is 0.964. The van der Waals surface area contributed by atoms with Gasteiger partial charge in [0, 0.05) is 29.1 Å². The molecule has 0 atom stereocenters. The van der Waals surface area contributed by atoms with E-state index in [-0.39, 0.29) is 16.8 Å². The average molecular weight is 386 g/mol. The second kappa shape index (κ2) is 7.17. The van der Waals surface area contributed by atoms with Gasteiger partial charge >= 0.3 is 0 Å². The number of carbonyl (C=O) groups excluding carboxylic acids is 2. The lowest BCUT2D eigenvalue weighted by Gasteiger charge is -2.32. The third-order valence-electron chi connectivity index (χ3n) is 5.18. The monoisotopic (exact) mass is 386 g/mol. The molecule has 3 aromatic rings. The Kier molecular flexibility index (Phi) is 4.66. The molecule has 0 spiro atoms. The van der Waals surface area contributed by atoms with E-state index in [2.05, 4.69) is 5.32 Å². The van der Waals surface area contributed by atoms with E-state index in [0.717, 1.165) is 0 Å². The van der Waals surface area contributed by atoms with Crippen LogP contribution in [0.5, 0.6) is 0 Å². The highest BCUT2D eigenvalue weighted by molar-refractivity contribution is 6.07. The third-order valence-corrected chi connectivity index (χ3v) is 5.18. The lowest BCUT2D eigenvalue weighted by Crippen LogP contribution is -2.37. The summed E-state index contributed by atoms with van der Waals surface area (Å²) < 4.78 is 1.52. The molecule has 1 aromatic heterocycles. The normalized spacial score (nSPS) is 14.9. The number of pyridine rings is 1. The zero-order chi connectivity index (χ0) is 20.6. The van der Waals surface area contributed by atoms with Gasteiger partial charge in [-0.05, 0) is 42.2 Å². The van der Waals surface area contributed by atoms with Gasteiger partial charge < -0.3 is 5.32 Å². The van der Waals surface area contributed by atoms with Crippen LogP contribution in [-0.4, -0.2) is 16.3 Å². The average Bonchev–Trinajstić information content (AvgIpc) is 2.68. The molecule has 0 radical (unpaired) electrons. The molecule has 1 heterocycles. The van der Waals surface area contributed by atoms with Crippen LogP contribution in [0.1, 0.15) is 46.7 Å². The quantitative estimate of drug-likeness (QED) is 0.732. The molecule has 0 unspecified atom stereocenters. The van der Waals surface area contributed by atoms with E-state index in [1.165, 1.54) is 10.6 Å². The molecule has 1 aliphatic carbocycles. The minimum absolute atomic E-state index is 0.0375. The van der Waals surface area contributed by atoms with Crippen molar-refractivity contribution < 1.29 is 9.59 Å². The van der Waals surface area contributed by atoms with Gasteiger partial charge in [-0.15, -0.1) is 0 Å². The molecule has 0 aliphatic heterocycles. The highest BCUT2D eigenvalue weighted by Crippen LogP contribution is 2.35. The first kappa shape index (κ1) is 18.9. The molecule has 1 amide bonds. The predicted molar refractivity (Wildman–Crippen MR) is 113 cm³/mol. The molecule has 0 bridgehead atoms. The second-order valence-corrected chi connectivity index (χ2v) is 8.16. The molecule has 1 aliphatic rings. The number of para-hydroxylation sites is 2. The van der Waals surface area contributed by atoms with Crippen molar-refractivity contribution >= 4 is 17.4 Å². The van der Waals surface area contributed by atoms with Crippen molar-refractivity contribution in [3.8, 4) is 5.69 Å². The number of amides is 1. The summed E-state index contributed by atoms with van der Waals surface area (Å²) in [5.74, 6) is -0.569.